The molecule has 1 N–H and O–H groups in total. The summed E-state index contributed by atoms with van der Waals surface area (Å²) in [6.07, 6.45) is 3.12. The Morgan fingerprint density at radius 3 is 2.45 bits per heavy atom. The van der Waals surface area contributed by atoms with Crippen molar-refractivity contribution in [2.45, 2.75) is 39.5 Å². The SMILES string of the molecule is CCCCC(=O)N(O)CCC. The maximum atomic E-state index is 11.0. The van der Waals surface area contributed by atoms with Gasteiger partial charge in [0.25, 0.3) is 0 Å². The van der Waals surface area contributed by atoms with E-state index in [0.29, 0.717) is 13.0 Å². The van der Waals surface area contributed by atoms with Crippen LogP contribution >= 0.6 is 0 Å². The predicted octanol–water partition coefficient (Wildman–Crippen LogP) is 1.80. The average molecular weight is 159 g/mol. The Bertz CT molecular complexity index is 115. The second kappa shape index (κ2) is 6.16. The number of hydroxylamine groups is 2. The normalized spacial score (nSPS) is 9.73. The van der Waals surface area contributed by atoms with Crippen LogP contribution in [0.3, 0.4) is 0 Å². The van der Waals surface area contributed by atoms with Gasteiger partial charge in [-0.2, -0.15) is 0 Å². The molecule has 3 heteroatoms. The van der Waals surface area contributed by atoms with Crippen molar-refractivity contribution in [3.63, 3.8) is 0 Å². The van der Waals surface area contributed by atoms with Crippen molar-refractivity contribution in [2.24, 2.45) is 0 Å². The zero-order valence-corrected chi connectivity index (χ0v) is 7.34. The average Bonchev–Trinajstić information content (AvgIpc) is 2.00. The third-order valence-corrected chi connectivity index (χ3v) is 1.47. The van der Waals surface area contributed by atoms with E-state index in [4.69, 9.17) is 5.21 Å². The topological polar surface area (TPSA) is 40.5 Å². The molecule has 0 aromatic carbocycles. The van der Waals surface area contributed by atoms with Crippen LogP contribution in [0.2, 0.25) is 0 Å². The molecule has 66 valence electrons. The molecule has 11 heavy (non-hydrogen) atoms. The Kier molecular flexibility index (Phi) is 5.84. The van der Waals surface area contributed by atoms with Crippen LogP contribution in [0.4, 0.5) is 0 Å². The summed E-state index contributed by atoms with van der Waals surface area (Å²) in [4.78, 5) is 11.0. The van der Waals surface area contributed by atoms with Crippen LogP contribution in [0, 0.1) is 0 Å². The van der Waals surface area contributed by atoms with E-state index in [1.165, 1.54) is 0 Å². The molecule has 3 nitrogen and oxygen atoms in total. The van der Waals surface area contributed by atoms with Gasteiger partial charge in [-0.3, -0.25) is 10.0 Å². The molecular formula is C8H17NO2. The molecule has 1 amide bonds. The summed E-state index contributed by atoms with van der Waals surface area (Å²) in [5.74, 6) is -0.159. The lowest BCUT2D eigenvalue weighted by Gasteiger charge is -2.12. The van der Waals surface area contributed by atoms with Crippen molar-refractivity contribution in [3.05, 3.63) is 0 Å². The maximum absolute atomic E-state index is 11.0. The fourth-order valence-corrected chi connectivity index (χ4v) is 0.794. The maximum Gasteiger partial charge on any atom is 0.245 e. The van der Waals surface area contributed by atoms with Crippen LogP contribution in [-0.2, 0) is 4.79 Å². The van der Waals surface area contributed by atoms with E-state index in [1.807, 2.05) is 13.8 Å². The molecule has 0 heterocycles. The summed E-state index contributed by atoms with van der Waals surface area (Å²) in [5, 5.41) is 9.84. The summed E-state index contributed by atoms with van der Waals surface area (Å²) in [6, 6.07) is 0. The zero-order valence-electron chi connectivity index (χ0n) is 7.34. The van der Waals surface area contributed by atoms with Crippen LogP contribution in [-0.4, -0.2) is 22.7 Å². The van der Waals surface area contributed by atoms with E-state index in [1.54, 1.807) is 0 Å². The van der Waals surface area contributed by atoms with Gasteiger partial charge in [-0.25, -0.2) is 5.06 Å². The molecule has 0 aromatic heterocycles. The highest BCUT2D eigenvalue weighted by Gasteiger charge is 2.07. The number of hydrogen-bond donors (Lipinski definition) is 1. The Hall–Kier alpha value is -0.570. The largest absolute Gasteiger partial charge is 0.286 e. The predicted molar refractivity (Wildman–Crippen MR) is 43.3 cm³/mol. The summed E-state index contributed by atoms with van der Waals surface area (Å²) in [7, 11) is 0. The van der Waals surface area contributed by atoms with E-state index >= 15 is 0 Å². The third kappa shape index (κ3) is 4.79. The highest BCUT2D eigenvalue weighted by atomic mass is 16.5. The number of unbranched alkanes of at least 4 members (excludes halogenated alkanes) is 1. The molecule has 0 aliphatic heterocycles. The first-order valence-electron chi connectivity index (χ1n) is 4.21. The lowest BCUT2D eigenvalue weighted by Crippen LogP contribution is -2.27. The van der Waals surface area contributed by atoms with Gasteiger partial charge >= 0.3 is 0 Å². The van der Waals surface area contributed by atoms with Gasteiger partial charge in [-0.15, -0.1) is 0 Å². The Balaban J connectivity index is 3.47. The molecule has 0 fully saturated rings. The fourth-order valence-electron chi connectivity index (χ4n) is 0.794. The van der Waals surface area contributed by atoms with E-state index in [-0.39, 0.29) is 5.91 Å². The van der Waals surface area contributed by atoms with Crippen LogP contribution in [0.1, 0.15) is 39.5 Å². The molecule has 0 radical (unpaired) electrons. The second-order valence-corrected chi connectivity index (χ2v) is 2.62. The zero-order chi connectivity index (χ0) is 8.69. The Morgan fingerprint density at radius 1 is 1.36 bits per heavy atom. The first-order valence-corrected chi connectivity index (χ1v) is 4.21. The van der Waals surface area contributed by atoms with E-state index in [9.17, 15) is 4.79 Å². The third-order valence-electron chi connectivity index (χ3n) is 1.47. The number of nitrogens with zero attached hydrogens (tertiary/aromatic N) is 1. The lowest BCUT2D eigenvalue weighted by atomic mass is 10.2. The van der Waals surface area contributed by atoms with Gasteiger partial charge in [0.05, 0.1) is 0 Å². The molecule has 0 spiro atoms. The molecule has 0 rings (SSSR count). The minimum atomic E-state index is -0.159. The van der Waals surface area contributed by atoms with Crippen molar-refractivity contribution in [2.75, 3.05) is 6.54 Å². The van der Waals surface area contributed by atoms with Gasteiger partial charge in [0.1, 0.15) is 0 Å². The number of carbonyl (C=O) groups excluding carboxylic acids is 1. The number of hydrogen-bond acceptors (Lipinski definition) is 2. The number of carbonyl (C=O) groups is 1. The first-order chi connectivity index (χ1) is 5.22. The van der Waals surface area contributed by atoms with Crippen LogP contribution in [0.25, 0.3) is 0 Å². The Labute approximate surface area is 68.0 Å². The number of amides is 1. The molecule has 0 saturated heterocycles. The monoisotopic (exact) mass is 159 g/mol. The van der Waals surface area contributed by atoms with Gasteiger partial charge in [0.2, 0.25) is 5.91 Å². The van der Waals surface area contributed by atoms with E-state index < -0.39 is 0 Å². The van der Waals surface area contributed by atoms with Crippen molar-refractivity contribution in [1.82, 2.24) is 5.06 Å². The Morgan fingerprint density at radius 2 is 2.00 bits per heavy atom. The molecule has 0 saturated carbocycles. The quantitative estimate of drug-likeness (QED) is 0.491. The van der Waals surface area contributed by atoms with Crippen molar-refractivity contribution >= 4 is 5.91 Å². The molecule has 0 aliphatic carbocycles. The highest BCUT2D eigenvalue weighted by molar-refractivity contribution is 5.74. The van der Waals surface area contributed by atoms with Crippen molar-refractivity contribution < 1.29 is 10.0 Å². The summed E-state index contributed by atoms with van der Waals surface area (Å²) in [5.41, 5.74) is 0. The number of rotatable bonds is 5. The summed E-state index contributed by atoms with van der Waals surface area (Å²) in [6.45, 7) is 4.40. The second-order valence-electron chi connectivity index (χ2n) is 2.62. The van der Waals surface area contributed by atoms with Crippen molar-refractivity contribution in [1.29, 1.82) is 0 Å². The van der Waals surface area contributed by atoms with Gasteiger partial charge in [0, 0.05) is 13.0 Å². The smallest absolute Gasteiger partial charge is 0.245 e. The molecule has 0 aliphatic rings. The molecular weight excluding hydrogens is 142 g/mol. The molecule has 0 aromatic rings. The molecule has 0 bridgehead atoms. The highest BCUT2D eigenvalue weighted by Crippen LogP contribution is 1.98. The van der Waals surface area contributed by atoms with Crippen LogP contribution in [0.15, 0.2) is 0 Å². The lowest BCUT2D eigenvalue weighted by molar-refractivity contribution is -0.165. The molecule has 0 atom stereocenters. The van der Waals surface area contributed by atoms with Gasteiger partial charge in [0.15, 0.2) is 0 Å². The van der Waals surface area contributed by atoms with Crippen LogP contribution in [0.5, 0.6) is 0 Å². The van der Waals surface area contributed by atoms with Crippen LogP contribution < -0.4 is 0 Å². The van der Waals surface area contributed by atoms with E-state index in [0.717, 1.165) is 24.3 Å². The van der Waals surface area contributed by atoms with Gasteiger partial charge in [-0.05, 0) is 12.8 Å². The summed E-state index contributed by atoms with van der Waals surface area (Å²) < 4.78 is 0. The van der Waals surface area contributed by atoms with E-state index in [2.05, 4.69) is 0 Å². The van der Waals surface area contributed by atoms with Gasteiger partial charge in [-0.1, -0.05) is 20.3 Å². The standard InChI is InChI=1S/C8H17NO2/c1-3-5-6-8(10)9(11)7-4-2/h11H,3-7H2,1-2H3. The fraction of sp³-hybridized carbons (Fsp3) is 0.875. The first kappa shape index (κ1) is 10.4. The minimum Gasteiger partial charge on any atom is -0.286 e. The minimum absolute atomic E-state index is 0.159. The summed E-state index contributed by atoms with van der Waals surface area (Å²) >= 11 is 0. The molecule has 0 unspecified atom stereocenters. The van der Waals surface area contributed by atoms with Gasteiger partial charge < -0.3 is 0 Å². The van der Waals surface area contributed by atoms with Crippen molar-refractivity contribution in [3.8, 4) is 0 Å².